The minimum Gasteiger partial charge on any atom is -0.448 e. The largest absolute Gasteiger partial charge is 0.448 e. The van der Waals surface area contributed by atoms with Gasteiger partial charge in [0.1, 0.15) is 6.26 Å². The normalized spacial score (nSPS) is 10.5. The van der Waals surface area contributed by atoms with Gasteiger partial charge in [-0.25, -0.2) is 4.98 Å². The first-order valence-electron chi connectivity index (χ1n) is 4.65. The van der Waals surface area contributed by atoms with Gasteiger partial charge in [0.25, 0.3) is 0 Å². The van der Waals surface area contributed by atoms with Gasteiger partial charge in [0.05, 0.1) is 5.69 Å². The summed E-state index contributed by atoms with van der Waals surface area (Å²) in [7, 11) is 0. The molecule has 0 aliphatic carbocycles. The molecule has 0 fully saturated rings. The lowest BCUT2D eigenvalue weighted by molar-refractivity contribution is 0.506. The summed E-state index contributed by atoms with van der Waals surface area (Å²) in [5.74, 6) is 0.678. The summed E-state index contributed by atoms with van der Waals surface area (Å²) < 4.78 is 5.27. The fraction of sp³-hybridized carbons (Fsp3) is 0.182. The molecule has 3 nitrogen and oxygen atoms in total. The Morgan fingerprint density at radius 2 is 2.00 bits per heavy atom. The van der Waals surface area contributed by atoms with Crippen molar-refractivity contribution < 1.29 is 4.42 Å². The molecule has 0 spiro atoms. The van der Waals surface area contributed by atoms with Gasteiger partial charge in [0, 0.05) is 18.0 Å². The van der Waals surface area contributed by atoms with Crippen LogP contribution in [0.5, 0.6) is 0 Å². The van der Waals surface area contributed by atoms with Gasteiger partial charge < -0.3 is 10.2 Å². The van der Waals surface area contributed by atoms with Gasteiger partial charge in [-0.15, -0.1) is 0 Å². The van der Waals surface area contributed by atoms with E-state index in [9.17, 15) is 0 Å². The number of oxazole rings is 1. The van der Waals surface area contributed by atoms with Crippen LogP contribution in [0.4, 0.5) is 0 Å². The number of rotatable bonds is 3. The minimum atomic E-state index is 0.407. The van der Waals surface area contributed by atoms with E-state index in [-0.39, 0.29) is 0 Å². The van der Waals surface area contributed by atoms with Gasteiger partial charge in [-0.2, -0.15) is 0 Å². The smallest absolute Gasteiger partial charge is 0.198 e. The first-order valence-corrected chi connectivity index (χ1v) is 5.03. The van der Waals surface area contributed by atoms with Crippen molar-refractivity contribution in [3.8, 4) is 0 Å². The molecule has 0 bridgehead atoms. The predicted molar refractivity (Wildman–Crippen MR) is 58.7 cm³/mol. The summed E-state index contributed by atoms with van der Waals surface area (Å²) in [6.45, 7) is 0.407. The zero-order valence-electron chi connectivity index (χ0n) is 8.11. The fourth-order valence-electron chi connectivity index (χ4n) is 1.30. The van der Waals surface area contributed by atoms with Crippen molar-refractivity contribution in [2.45, 2.75) is 13.0 Å². The molecule has 0 aliphatic heterocycles. The van der Waals surface area contributed by atoms with E-state index in [4.69, 9.17) is 21.8 Å². The summed E-state index contributed by atoms with van der Waals surface area (Å²) in [4.78, 5) is 4.22. The third-order valence-corrected chi connectivity index (χ3v) is 2.33. The van der Waals surface area contributed by atoms with Crippen molar-refractivity contribution in [3.05, 3.63) is 52.7 Å². The van der Waals surface area contributed by atoms with Gasteiger partial charge in [-0.05, 0) is 17.7 Å². The summed E-state index contributed by atoms with van der Waals surface area (Å²) in [6.07, 6.45) is 2.25. The van der Waals surface area contributed by atoms with Crippen molar-refractivity contribution in [3.63, 3.8) is 0 Å². The van der Waals surface area contributed by atoms with Crippen LogP contribution in [-0.4, -0.2) is 4.98 Å². The summed E-state index contributed by atoms with van der Waals surface area (Å²) in [5.41, 5.74) is 7.33. The van der Waals surface area contributed by atoms with E-state index in [0.717, 1.165) is 16.3 Å². The van der Waals surface area contributed by atoms with Crippen molar-refractivity contribution >= 4 is 11.6 Å². The molecule has 78 valence electrons. The molecule has 0 amide bonds. The molecular weight excluding hydrogens is 212 g/mol. The van der Waals surface area contributed by atoms with Crippen LogP contribution < -0.4 is 5.73 Å². The summed E-state index contributed by atoms with van der Waals surface area (Å²) >= 11 is 5.79. The predicted octanol–water partition coefficient (Wildman–Crippen LogP) is 2.38. The maximum atomic E-state index is 5.79. The Bertz CT molecular complexity index is 436. The lowest BCUT2D eigenvalue weighted by Crippen LogP contribution is -1.96. The molecule has 1 aromatic carbocycles. The molecule has 0 radical (unpaired) electrons. The zero-order chi connectivity index (χ0) is 10.7. The van der Waals surface area contributed by atoms with Gasteiger partial charge in [0.2, 0.25) is 0 Å². The van der Waals surface area contributed by atoms with Crippen molar-refractivity contribution in [1.29, 1.82) is 0 Å². The van der Waals surface area contributed by atoms with Crippen LogP contribution in [0.2, 0.25) is 5.02 Å². The molecule has 1 heterocycles. The highest BCUT2D eigenvalue weighted by atomic mass is 35.5. The van der Waals surface area contributed by atoms with Crippen molar-refractivity contribution in [2.75, 3.05) is 0 Å². The number of aromatic nitrogens is 1. The minimum absolute atomic E-state index is 0.407. The third-order valence-electron chi connectivity index (χ3n) is 2.08. The molecule has 0 aliphatic rings. The number of hydrogen-bond acceptors (Lipinski definition) is 3. The number of hydrogen-bond donors (Lipinski definition) is 1. The van der Waals surface area contributed by atoms with E-state index in [1.54, 1.807) is 6.26 Å². The zero-order valence-corrected chi connectivity index (χ0v) is 8.87. The standard InChI is InChI=1S/C11H11ClN2O/c12-9-3-1-8(2-4-9)5-11-14-10(6-13)7-15-11/h1-4,7H,5-6,13H2. The molecule has 0 atom stereocenters. The highest BCUT2D eigenvalue weighted by molar-refractivity contribution is 6.30. The Hall–Kier alpha value is -1.32. The SMILES string of the molecule is NCc1coc(Cc2ccc(Cl)cc2)n1. The van der Waals surface area contributed by atoms with E-state index in [1.807, 2.05) is 24.3 Å². The fourth-order valence-corrected chi connectivity index (χ4v) is 1.43. The summed E-state index contributed by atoms with van der Waals surface area (Å²) in [5, 5.41) is 0.730. The number of benzene rings is 1. The maximum Gasteiger partial charge on any atom is 0.198 e. The quantitative estimate of drug-likeness (QED) is 0.868. The first kappa shape index (κ1) is 10.2. The van der Waals surface area contributed by atoms with E-state index in [1.165, 1.54) is 0 Å². The molecule has 2 N–H and O–H groups in total. The molecule has 15 heavy (non-hydrogen) atoms. The van der Waals surface area contributed by atoms with E-state index >= 15 is 0 Å². The van der Waals surface area contributed by atoms with Crippen LogP contribution in [0.15, 0.2) is 34.9 Å². The van der Waals surface area contributed by atoms with E-state index in [0.29, 0.717) is 18.9 Å². The molecule has 4 heteroatoms. The van der Waals surface area contributed by atoms with Crippen LogP contribution >= 0.6 is 11.6 Å². The Kier molecular flexibility index (Phi) is 3.04. The van der Waals surface area contributed by atoms with Gasteiger partial charge in [0.15, 0.2) is 5.89 Å². The Balaban J connectivity index is 2.11. The van der Waals surface area contributed by atoms with Crippen LogP contribution in [-0.2, 0) is 13.0 Å². The lowest BCUT2D eigenvalue weighted by atomic mass is 10.1. The van der Waals surface area contributed by atoms with Crippen LogP contribution in [0.3, 0.4) is 0 Å². The number of nitrogens with zero attached hydrogens (tertiary/aromatic N) is 1. The van der Waals surface area contributed by atoms with Crippen LogP contribution in [0.1, 0.15) is 17.1 Å². The molecule has 0 saturated carbocycles. The van der Waals surface area contributed by atoms with Gasteiger partial charge in [-0.1, -0.05) is 23.7 Å². The van der Waals surface area contributed by atoms with Gasteiger partial charge in [-0.3, -0.25) is 0 Å². The van der Waals surface area contributed by atoms with E-state index < -0.39 is 0 Å². The Labute approximate surface area is 92.9 Å². The lowest BCUT2D eigenvalue weighted by Gasteiger charge is -1.96. The molecule has 1 aromatic heterocycles. The molecular formula is C11H11ClN2O. The third kappa shape index (κ3) is 2.58. The Morgan fingerprint density at radius 3 is 2.60 bits per heavy atom. The van der Waals surface area contributed by atoms with E-state index in [2.05, 4.69) is 4.98 Å². The van der Waals surface area contributed by atoms with Crippen LogP contribution in [0.25, 0.3) is 0 Å². The Morgan fingerprint density at radius 1 is 1.27 bits per heavy atom. The second-order valence-corrected chi connectivity index (χ2v) is 3.68. The second-order valence-electron chi connectivity index (χ2n) is 3.24. The highest BCUT2D eigenvalue weighted by Gasteiger charge is 2.03. The molecule has 0 unspecified atom stereocenters. The first-order chi connectivity index (χ1) is 7.28. The average molecular weight is 223 g/mol. The average Bonchev–Trinajstić information content (AvgIpc) is 2.69. The van der Waals surface area contributed by atoms with Crippen LogP contribution in [0, 0.1) is 0 Å². The summed E-state index contributed by atoms with van der Waals surface area (Å²) in [6, 6.07) is 7.61. The second kappa shape index (κ2) is 4.47. The molecule has 0 saturated heterocycles. The molecule has 2 rings (SSSR count). The topological polar surface area (TPSA) is 52.0 Å². The number of nitrogens with two attached hydrogens (primary N) is 1. The monoisotopic (exact) mass is 222 g/mol. The number of halogens is 1. The van der Waals surface area contributed by atoms with Crippen molar-refractivity contribution in [2.24, 2.45) is 5.73 Å². The highest BCUT2D eigenvalue weighted by Crippen LogP contribution is 2.13. The molecule has 2 aromatic rings. The van der Waals surface area contributed by atoms with Gasteiger partial charge >= 0.3 is 0 Å². The maximum absolute atomic E-state index is 5.79. The van der Waals surface area contributed by atoms with Crippen molar-refractivity contribution in [1.82, 2.24) is 4.98 Å².